The minimum atomic E-state index is -4.04. The number of benzene rings is 1. The number of nitrogens with two attached hydrogens (primary N) is 1. The van der Waals surface area contributed by atoms with E-state index in [0.717, 1.165) is 12.8 Å². The maximum Gasteiger partial charge on any atom is 0.254 e. The Morgan fingerprint density at radius 3 is 2.45 bits per heavy atom. The van der Waals surface area contributed by atoms with E-state index >= 15 is 0 Å². The van der Waals surface area contributed by atoms with Gasteiger partial charge in [-0.15, -0.1) is 0 Å². The highest BCUT2D eigenvalue weighted by atomic mass is 35.5. The number of nitrogens with zero attached hydrogens (tertiary/aromatic N) is 1. The van der Waals surface area contributed by atoms with Crippen molar-refractivity contribution in [2.24, 2.45) is 5.14 Å². The van der Waals surface area contributed by atoms with Gasteiger partial charge in [0.05, 0.1) is 10.0 Å². The molecule has 1 aromatic carbocycles. The van der Waals surface area contributed by atoms with Crippen LogP contribution in [0.4, 0.5) is 0 Å². The summed E-state index contributed by atoms with van der Waals surface area (Å²) in [5.74, 6) is -0.265. The summed E-state index contributed by atoms with van der Waals surface area (Å²) < 4.78 is 23.0. The molecular formula is C12H14Cl2N2O3S. The van der Waals surface area contributed by atoms with Crippen LogP contribution in [0.3, 0.4) is 0 Å². The summed E-state index contributed by atoms with van der Waals surface area (Å²) in [7, 11) is -4.04. The Balaban J connectivity index is 2.47. The predicted molar refractivity (Wildman–Crippen MR) is 77.6 cm³/mol. The molecule has 0 heterocycles. The lowest BCUT2D eigenvalue weighted by molar-refractivity contribution is 0.0752. The van der Waals surface area contributed by atoms with Gasteiger partial charge in [-0.25, -0.2) is 13.6 Å². The molecule has 0 spiro atoms. The molecule has 0 radical (unpaired) electrons. The van der Waals surface area contributed by atoms with Crippen LogP contribution in [0.5, 0.6) is 0 Å². The molecule has 0 aliphatic heterocycles. The minimum absolute atomic E-state index is 0.00612. The van der Waals surface area contributed by atoms with Gasteiger partial charge in [0.25, 0.3) is 5.91 Å². The second-order valence-corrected chi connectivity index (χ2v) is 6.95. The van der Waals surface area contributed by atoms with Crippen LogP contribution in [-0.4, -0.2) is 31.8 Å². The quantitative estimate of drug-likeness (QED) is 0.915. The highest BCUT2D eigenvalue weighted by Crippen LogP contribution is 2.32. The molecule has 1 saturated carbocycles. The number of amides is 1. The Hall–Kier alpha value is -0.820. The van der Waals surface area contributed by atoms with Crippen molar-refractivity contribution in [3.63, 3.8) is 0 Å². The van der Waals surface area contributed by atoms with Crippen molar-refractivity contribution in [2.45, 2.75) is 30.7 Å². The lowest BCUT2D eigenvalue weighted by atomic mass is 10.2. The van der Waals surface area contributed by atoms with Gasteiger partial charge in [-0.1, -0.05) is 23.2 Å². The molecule has 0 unspecified atom stereocenters. The van der Waals surface area contributed by atoms with Gasteiger partial charge in [0.1, 0.15) is 4.90 Å². The van der Waals surface area contributed by atoms with E-state index in [-0.39, 0.29) is 32.5 Å². The highest BCUT2D eigenvalue weighted by molar-refractivity contribution is 7.89. The van der Waals surface area contributed by atoms with Gasteiger partial charge in [0.2, 0.25) is 10.0 Å². The van der Waals surface area contributed by atoms with Gasteiger partial charge >= 0.3 is 0 Å². The molecule has 1 aliphatic carbocycles. The molecule has 8 heteroatoms. The predicted octanol–water partition coefficient (Wildman–Crippen LogP) is 2.27. The summed E-state index contributed by atoms with van der Waals surface area (Å²) in [5, 5.41) is 4.91. The summed E-state index contributed by atoms with van der Waals surface area (Å²) in [6.45, 7) is 2.42. The van der Waals surface area contributed by atoms with Crippen LogP contribution in [0.1, 0.15) is 30.1 Å². The van der Waals surface area contributed by atoms with Crippen LogP contribution in [0.2, 0.25) is 10.0 Å². The third-order valence-corrected chi connectivity index (χ3v) is 4.99. The third kappa shape index (κ3) is 3.09. The molecule has 5 nitrogen and oxygen atoms in total. The fraction of sp³-hybridized carbons (Fsp3) is 0.417. The number of primary sulfonamides is 1. The van der Waals surface area contributed by atoms with Crippen LogP contribution < -0.4 is 5.14 Å². The summed E-state index contributed by atoms with van der Waals surface area (Å²) in [4.78, 5) is 13.7. The molecule has 20 heavy (non-hydrogen) atoms. The van der Waals surface area contributed by atoms with E-state index in [1.807, 2.05) is 6.92 Å². The van der Waals surface area contributed by atoms with Crippen LogP contribution in [-0.2, 0) is 10.0 Å². The van der Waals surface area contributed by atoms with Crippen molar-refractivity contribution in [2.75, 3.05) is 6.54 Å². The highest BCUT2D eigenvalue weighted by Gasteiger charge is 2.32. The first-order valence-electron chi connectivity index (χ1n) is 6.08. The van der Waals surface area contributed by atoms with Crippen molar-refractivity contribution >= 4 is 39.1 Å². The van der Waals surface area contributed by atoms with E-state index in [2.05, 4.69) is 0 Å². The fourth-order valence-corrected chi connectivity index (χ4v) is 3.37. The number of halogens is 2. The largest absolute Gasteiger partial charge is 0.336 e. The molecule has 2 rings (SSSR count). The average Bonchev–Trinajstić information content (AvgIpc) is 3.16. The van der Waals surface area contributed by atoms with E-state index in [4.69, 9.17) is 28.3 Å². The smallest absolute Gasteiger partial charge is 0.254 e. The van der Waals surface area contributed by atoms with Gasteiger partial charge in [0, 0.05) is 18.2 Å². The standard InChI is InChI=1S/C12H14Cl2N2O3S/c1-2-16(8-3-4-8)12(17)7-5-9(13)11(14)10(6-7)20(15,18)19/h5-6,8H,2-4H2,1H3,(H2,15,18,19). The number of carbonyl (C=O) groups is 1. The Kier molecular flexibility index (Phi) is 4.30. The van der Waals surface area contributed by atoms with Crippen molar-refractivity contribution in [1.82, 2.24) is 4.90 Å². The van der Waals surface area contributed by atoms with Gasteiger partial charge < -0.3 is 4.90 Å². The van der Waals surface area contributed by atoms with E-state index < -0.39 is 10.0 Å². The summed E-state index contributed by atoms with van der Waals surface area (Å²) in [6, 6.07) is 2.77. The summed E-state index contributed by atoms with van der Waals surface area (Å²) >= 11 is 11.7. The van der Waals surface area contributed by atoms with E-state index in [0.29, 0.717) is 6.54 Å². The van der Waals surface area contributed by atoms with Crippen molar-refractivity contribution in [3.8, 4) is 0 Å². The van der Waals surface area contributed by atoms with Crippen molar-refractivity contribution < 1.29 is 13.2 Å². The normalized spacial score (nSPS) is 15.2. The SMILES string of the molecule is CCN(C(=O)c1cc(Cl)c(Cl)c(S(N)(=O)=O)c1)C1CC1. The van der Waals surface area contributed by atoms with E-state index in [9.17, 15) is 13.2 Å². The Morgan fingerprint density at radius 2 is 2.00 bits per heavy atom. The molecular weight excluding hydrogens is 323 g/mol. The zero-order chi connectivity index (χ0) is 15.1. The summed E-state index contributed by atoms with van der Waals surface area (Å²) in [5.41, 5.74) is 0.178. The topological polar surface area (TPSA) is 80.5 Å². The van der Waals surface area contributed by atoms with Crippen LogP contribution in [0.25, 0.3) is 0 Å². The van der Waals surface area contributed by atoms with Crippen molar-refractivity contribution in [3.05, 3.63) is 27.7 Å². The first-order valence-corrected chi connectivity index (χ1v) is 8.38. The maximum absolute atomic E-state index is 12.4. The lowest BCUT2D eigenvalue weighted by Gasteiger charge is -2.21. The first-order chi connectivity index (χ1) is 9.25. The van der Waals surface area contributed by atoms with Crippen LogP contribution >= 0.6 is 23.2 Å². The van der Waals surface area contributed by atoms with Crippen LogP contribution in [0.15, 0.2) is 17.0 Å². The molecule has 1 aromatic rings. The molecule has 0 aromatic heterocycles. The molecule has 110 valence electrons. The average molecular weight is 337 g/mol. The van der Waals surface area contributed by atoms with Gasteiger partial charge in [-0.3, -0.25) is 4.79 Å². The monoisotopic (exact) mass is 336 g/mol. The Morgan fingerprint density at radius 1 is 1.40 bits per heavy atom. The molecule has 0 atom stereocenters. The first kappa shape index (κ1) is 15.6. The minimum Gasteiger partial charge on any atom is -0.336 e. The van der Waals surface area contributed by atoms with E-state index in [1.54, 1.807) is 4.90 Å². The fourth-order valence-electron chi connectivity index (χ4n) is 2.01. The zero-order valence-corrected chi connectivity index (χ0v) is 13.1. The van der Waals surface area contributed by atoms with Gasteiger partial charge in [-0.2, -0.15) is 0 Å². The number of sulfonamides is 1. The second-order valence-electron chi connectivity index (χ2n) is 4.64. The molecule has 0 saturated heterocycles. The number of carbonyl (C=O) groups excluding carboxylic acids is 1. The Labute approximate surface area is 127 Å². The molecule has 0 bridgehead atoms. The molecule has 2 N–H and O–H groups in total. The molecule has 1 amide bonds. The maximum atomic E-state index is 12.4. The molecule has 1 aliphatic rings. The van der Waals surface area contributed by atoms with Crippen molar-refractivity contribution in [1.29, 1.82) is 0 Å². The summed E-state index contributed by atoms with van der Waals surface area (Å²) in [6.07, 6.45) is 1.92. The number of hydrogen-bond donors (Lipinski definition) is 1. The second kappa shape index (κ2) is 5.52. The van der Waals surface area contributed by atoms with Gasteiger partial charge in [-0.05, 0) is 31.9 Å². The van der Waals surface area contributed by atoms with Crippen LogP contribution in [0, 0.1) is 0 Å². The third-order valence-electron chi connectivity index (χ3n) is 3.14. The lowest BCUT2D eigenvalue weighted by Crippen LogP contribution is -2.33. The van der Waals surface area contributed by atoms with Gasteiger partial charge in [0.15, 0.2) is 0 Å². The number of hydrogen-bond acceptors (Lipinski definition) is 3. The Bertz CT molecular complexity index is 657. The van der Waals surface area contributed by atoms with E-state index in [1.165, 1.54) is 12.1 Å². The number of rotatable bonds is 4. The molecule has 1 fully saturated rings. The zero-order valence-electron chi connectivity index (χ0n) is 10.8.